The molecule has 2 aromatic rings. The Morgan fingerprint density at radius 3 is 2.46 bits per heavy atom. The molecule has 4 nitrogen and oxygen atoms in total. The molecule has 3 aliphatic rings. The molecule has 1 saturated heterocycles. The van der Waals surface area contributed by atoms with Gasteiger partial charge in [0.2, 0.25) is 5.91 Å². The topological polar surface area (TPSA) is 35.6 Å². The number of rotatable bonds is 3. The minimum Gasteiger partial charge on any atom is -0.365 e. The van der Waals surface area contributed by atoms with Crippen LogP contribution >= 0.6 is 0 Å². The van der Waals surface area contributed by atoms with Gasteiger partial charge in [-0.25, -0.2) is 0 Å². The van der Waals surface area contributed by atoms with E-state index < -0.39 is 0 Å². The van der Waals surface area contributed by atoms with E-state index >= 15 is 0 Å². The van der Waals surface area contributed by atoms with Crippen molar-refractivity contribution in [1.82, 2.24) is 5.32 Å². The summed E-state index contributed by atoms with van der Waals surface area (Å²) >= 11 is 0. The molecule has 0 aromatic heterocycles. The summed E-state index contributed by atoms with van der Waals surface area (Å²) in [5.41, 5.74) is 3.88. The van der Waals surface area contributed by atoms with Crippen LogP contribution in [0.5, 0.6) is 0 Å². The van der Waals surface area contributed by atoms with E-state index in [2.05, 4.69) is 69.7 Å². The van der Waals surface area contributed by atoms with Crippen molar-refractivity contribution in [3.8, 4) is 0 Å². The van der Waals surface area contributed by atoms with Gasteiger partial charge in [0.25, 0.3) is 0 Å². The fourth-order valence-electron chi connectivity index (χ4n) is 5.18. The van der Waals surface area contributed by atoms with Crippen molar-refractivity contribution in [1.29, 1.82) is 0 Å². The fourth-order valence-corrected chi connectivity index (χ4v) is 5.18. The first-order valence-corrected chi connectivity index (χ1v) is 10.7. The van der Waals surface area contributed by atoms with Gasteiger partial charge in [0, 0.05) is 25.6 Å². The monoisotopic (exact) mass is 375 g/mol. The molecule has 2 aromatic carbocycles. The van der Waals surface area contributed by atoms with Crippen LogP contribution in [0.25, 0.3) is 0 Å². The maximum Gasteiger partial charge on any atom is 0.230 e. The molecule has 1 amide bonds. The Morgan fingerprint density at radius 2 is 1.68 bits per heavy atom. The Morgan fingerprint density at radius 1 is 0.964 bits per heavy atom. The van der Waals surface area contributed by atoms with E-state index in [4.69, 9.17) is 0 Å². The van der Waals surface area contributed by atoms with Gasteiger partial charge in [0.1, 0.15) is 0 Å². The summed E-state index contributed by atoms with van der Waals surface area (Å²) in [6.45, 7) is 4.82. The SMILES string of the molecule is O=C(C1CC12CCNCC2)N1CCCN(Cc2ccccc2)c2ccccc21. The van der Waals surface area contributed by atoms with Gasteiger partial charge in [0.15, 0.2) is 0 Å². The number of fused-ring (bicyclic) bond motifs is 1. The Balaban J connectivity index is 1.40. The molecule has 2 fully saturated rings. The molecule has 2 aliphatic heterocycles. The molecular formula is C24H29N3O. The number of hydrogen-bond acceptors (Lipinski definition) is 3. The van der Waals surface area contributed by atoms with Gasteiger partial charge in [-0.3, -0.25) is 4.79 Å². The summed E-state index contributed by atoms with van der Waals surface area (Å²) in [4.78, 5) is 18.0. The highest BCUT2D eigenvalue weighted by molar-refractivity contribution is 6.00. The number of piperidine rings is 1. The number of nitrogens with one attached hydrogen (secondary N) is 1. The van der Waals surface area contributed by atoms with Crippen LogP contribution in [0.1, 0.15) is 31.2 Å². The molecule has 1 unspecified atom stereocenters. The van der Waals surface area contributed by atoms with Crippen LogP contribution in [0.15, 0.2) is 54.6 Å². The molecule has 5 rings (SSSR count). The molecule has 1 saturated carbocycles. The summed E-state index contributed by atoms with van der Waals surface area (Å²) in [6, 6.07) is 19.1. The van der Waals surface area contributed by atoms with E-state index in [-0.39, 0.29) is 11.3 Å². The second-order valence-electron chi connectivity index (χ2n) is 8.61. The smallest absolute Gasteiger partial charge is 0.230 e. The number of amides is 1. The third-order valence-electron chi connectivity index (χ3n) is 6.89. The minimum atomic E-state index is 0.225. The third-order valence-corrected chi connectivity index (χ3v) is 6.89. The van der Waals surface area contributed by atoms with Gasteiger partial charge in [-0.1, -0.05) is 42.5 Å². The summed E-state index contributed by atoms with van der Waals surface area (Å²) in [5.74, 6) is 0.583. The number of para-hydroxylation sites is 2. The van der Waals surface area contributed by atoms with Gasteiger partial charge in [-0.2, -0.15) is 0 Å². The van der Waals surface area contributed by atoms with Crippen LogP contribution in [0.3, 0.4) is 0 Å². The Hall–Kier alpha value is -2.33. The van der Waals surface area contributed by atoms with Crippen LogP contribution in [-0.2, 0) is 11.3 Å². The van der Waals surface area contributed by atoms with Crippen LogP contribution in [0.2, 0.25) is 0 Å². The zero-order valence-electron chi connectivity index (χ0n) is 16.4. The Labute approximate surface area is 167 Å². The normalized spacial score (nSPS) is 23.2. The first-order chi connectivity index (χ1) is 13.8. The first-order valence-electron chi connectivity index (χ1n) is 10.7. The second kappa shape index (κ2) is 7.25. The van der Waals surface area contributed by atoms with Crippen molar-refractivity contribution in [2.75, 3.05) is 36.0 Å². The van der Waals surface area contributed by atoms with Gasteiger partial charge >= 0.3 is 0 Å². The lowest BCUT2D eigenvalue weighted by Gasteiger charge is -2.28. The highest BCUT2D eigenvalue weighted by Gasteiger charge is 2.58. The van der Waals surface area contributed by atoms with Gasteiger partial charge in [0.05, 0.1) is 11.4 Å². The minimum absolute atomic E-state index is 0.225. The van der Waals surface area contributed by atoms with Crippen LogP contribution in [-0.4, -0.2) is 32.1 Å². The van der Waals surface area contributed by atoms with Crippen molar-refractivity contribution < 1.29 is 4.79 Å². The molecule has 1 N–H and O–H groups in total. The van der Waals surface area contributed by atoms with E-state index in [1.807, 2.05) is 0 Å². The third kappa shape index (κ3) is 3.20. The fraction of sp³-hybridized carbons (Fsp3) is 0.458. The van der Waals surface area contributed by atoms with Crippen molar-refractivity contribution in [3.05, 3.63) is 60.2 Å². The van der Waals surface area contributed by atoms with E-state index in [1.54, 1.807) is 0 Å². The lowest BCUT2D eigenvalue weighted by atomic mass is 9.91. The largest absolute Gasteiger partial charge is 0.365 e. The standard InChI is InChI=1S/C24H29N3O/c28-23(20-17-24(20)11-13-25-14-12-24)27-16-6-15-26(18-19-7-2-1-3-8-19)21-9-4-5-10-22(21)27/h1-5,7-10,20,25H,6,11-18H2. The molecule has 0 radical (unpaired) electrons. The predicted molar refractivity (Wildman–Crippen MR) is 114 cm³/mol. The van der Waals surface area contributed by atoms with E-state index in [9.17, 15) is 4.79 Å². The number of anilines is 2. The predicted octanol–water partition coefficient (Wildman–Crippen LogP) is 3.82. The highest BCUT2D eigenvalue weighted by Crippen LogP contribution is 2.59. The maximum atomic E-state index is 13.5. The number of carbonyl (C=O) groups is 1. The van der Waals surface area contributed by atoms with Crippen molar-refractivity contribution in [2.24, 2.45) is 11.3 Å². The molecule has 2 heterocycles. The van der Waals surface area contributed by atoms with Gasteiger partial charge < -0.3 is 15.1 Å². The molecule has 0 bridgehead atoms. The number of nitrogens with zero attached hydrogens (tertiary/aromatic N) is 2. The average molecular weight is 376 g/mol. The molecule has 1 aliphatic carbocycles. The van der Waals surface area contributed by atoms with Gasteiger partial charge in [-0.05, 0) is 61.9 Å². The maximum absolute atomic E-state index is 13.5. The van der Waals surface area contributed by atoms with E-state index in [0.717, 1.165) is 64.1 Å². The van der Waals surface area contributed by atoms with Gasteiger partial charge in [-0.15, -0.1) is 0 Å². The lowest BCUT2D eigenvalue weighted by Crippen LogP contribution is -2.37. The number of hydrogen-bond donors (Lipinski definition) is 1. The number of carbonyl (C=O) groups excluding carboxylic acids is 1. The highest BCUT2D eigenvalue weighted by atomic mass is 16.2. The molecule has 28 heavy (non-hydrogen) atoms. The Kier molecular flexibility index (Phi) is 4.59. The zero-order chi connectivity index (χ0) is 19.0. The van der Waals surface area contributed by atoms with E-state index in [0.29, 0.717) is 5.91 Å². The molecule has 4 heteroatoms. The summed E-state index contributed by atoms with van der Waals surface area (Å²) < 4.78 is 0. The quantitative estimate of drug-likeness (QED) is 0.886. The Bertz CT molecular complexity index is 844. The van der Waals surface area contributed by atoms with E-state index in [1.165, 1.54) is 11.3 Å². The molecule has 1 atom stereocenters. The lowest BCUT2D eigenvalue weighted by molar-refractivity contribution is -0.120. The second-order valence-corrected chi connectivity index (χ2v) is 8.61. The zero-order valence-corrected chi connectivity index (χ0v) is 16.4. The first kappa shape index (κ1) is 17.7. The van der Waals surface area contributed by atoms with Crippen molar-refractivity contribution >= 4 is 17.3 Å². The van der Waals surface area contributed by atoms with Crippen LogP contribution in [0, 0.1) is 11.3 Å². The van der Waals surface area contributed by atoms with Crippen molar-refractivity contribution in [3.63, 3.8) is 0 Å². The van der Waals surface area contributed by atoms with Crippen LogP contribution < -0.4 is 15.1 Å². The summed E-state index contributed by atoms with van der Waals surface area (Å²) in [7, 11) is 0. The molecule has 1 spiro atoms. The summed E-state index contributed by atoms with van der Waals surface area (Å²) in [5, 5.41) is 3.44. The average Bonchev–Trinajstić information content (AvgIpc) is 3.47. The molecular weight excluding hydrogens is 346 g/mol. The van der Waals surface area contributed by atoms with Crippen molar-refractivity contribution in [2.45, 2.75) is 32.2 Å². The molecule has 146 valence electrons. The summed E-state index contributed by atoms with van der Waals surface area (Å²) in [6.07, 6.45) is 4.40. The number of benzene rings is 2. The van der Waals surface area contributed by atoms with Crippen LogP contribution in [0.4, 0.5) is 11.4 Å².